The van der Waals surface area contributed by atoms with Gasteiger partial charge in [0.1, 0.15) is 0 Å². The fourth-order valence-electron chi connectivity index (χ4n) is 1.61. The molecular weight excluding hydrogens is 237 g/mol. The summed E-state index contributed by atoms with van der Waals surface area (Å²) in [6.07, 6.45) is -5.86. The molecule has 96 valence electrons. The highest BCUT2D eigenvalue weighted by molar-refractivity contribution is 5.52. The maximum absolute atomic E-state index is 12.8. The molecule has 1 N–H and O–H groups in total. The average Bonchev–Trinajstić information content (AvgIpc) is 2.25. The summed E-state index contributed by atoms with van der Waals surface area (Å²) in [5, 5.41) is 9.46. The number of hydrogen-bond acceptors (Lipinski definition) is 3. The van der Waals surface area contributed by atoms with E-state index in [4.69, 9.17) is 9.47 Å². The molecule has 0 bridgehead atoms. The van der Waals surface area contributed by atoms with Crippen molar-refractivity contribution in [3.8, 4) is 11.5 Å². The SMILES string of the molecule is COc1ccc(C(F)(F)F)c(C(C)O)c1OC. The highest BCUT2D eigenvalue weighted by Crippen LogP contribution is 2.43. The normalized spacial score (nSPS) is 13.4. The van der Waals surface area contributed by atoms with E-state index in [1.165, 1.54) is 21.1 Å². The fourth-order valence-corrected chi connectivity index (χ4v) is 1.61. The Kier molecular flexibility index (Phi) is 3.87. The van der Waals surface area contributed by atoms with E-state index in [-0.39, 0.29) is 17.1 Å². The summed E-state index contributed by atoms with van der Waals surface area (Å²) in [6, 6.07) is 2.02. The molecule has 17 heavy (non-hydrogen) atoms. The summed E-state index contributed by atoms with van der Waals surface area (Å²) >= 11 is 0. The van der Waals surface area contributed by atoms with Gasteiger partial charge in [0.15, 0.2) is 11.5 Å². The third kappa shape index (κ3) is 2.63. The summed E-state index contributed by atoms with van der Waals surface area (Å²) in [7, 11) is 2.54. The molecule has 0 aliphatic heterocycles. The van der Waals surface area contributed by atoms with Crippen LogP contribution in [0.4, 0.5) is 13.2 Å². The Morgan fingerprint density at radius 2 is 1.76 bits per heavy atom. The molecule has 3 nitrogen and oxygen atoms in total. The van der Waals surface area contributed by atoms with Gasteiger partial charge in [0.2, 0.25) is 0 Å². The lowest BCUT2D eigenvalue weighted by Crippen LogP contribution is -2.13. The first-order chi connectivity index (χ1) is 7.82. The van der Waals surface area contributed by atoms with E-state index < -0.39 is 17.8 Å². The molecule has 0 aliphatic carbocycles. The Morgan fingerprint density at radius 3 is 2.12 bits per heavy atom. The topological polar surface area (TPSA) is 38.7 Å². The zero-order valence-corrected chi connectivity index (χ0v) is 9.63. The van der Waals surface area contributed by atoms with Crippen molar-refractivity contribution in [2.24, 2.45) is 0 Å². The van der Waals surface area contributed by atoms with E-state index in [0.29, 0.717) is 0 Å². The number of ether oxygens (including phenoxy) is 2. The van der Waals surface area contributed by atoms with Crippen LogP contribution in [0.15, 0.2) is 12.1 Å². The number of rotatable bonds is 3. The molecule has 0 fully saturated rings. The smallest absolute Gasteiger partial charge is 0.416 e. The van der Waals surface area contributed by atoms with E-state index in [0.717, 1.165) is 12.1 Å². The van der Waals surface area contributed by atoms with E-state index in [1.807, 2.05) is 0 Å². The maximum Gasteiger partial charge on any atom is 0.416 e. The van der Waals surface area contributed by atoms with Gasteiger partial charge in [-0.1, -0.05) is 0 Å². The lowest BCUT2D eigenvalue weighted by Gasteiger charge is -2.20. The summed E-state index contributed by atoms with van der Waals surface area (Å²) < 4.78 is 48.0. The maximum atomic E-state index is 12.8. The van der Waals surface area contributed by atoms with Gasteiger partial charge in [0.05, 0.1) is 25.9 Å². The number of halogens is 3. The third-order valence-electron chi connectivity index (χ3n) is 2.31. The first-order valence-electron chi connectivity index (χ1n) is 4.83. The van der Waals surface area contributed by atoms with Crippen molar-refractivity contribution in [1.29, 1.82) is 0 Å². The molecule has 1 aromatic carbocycles. The van der Waals surface area contributed by atoms with Crippen LogP contribution in [0.5, 0.6) is 11.5 Å². The number of aliphatic hydroxyl groups is 1. The van der Waals surface area contributed by atoms with Gasteiger partial charge < -0.3 is 14.6 Å². The highest BCUT2D eigenvalue weighted by atomic mass is 19.4. The molecule has 0 aromatic heterocycles. The quantitative estimate of drug-likeness (QED) is 0.896. The van der Waals surface area contributed by atoms with Crippen molar-refractivity contribution in [2.75, 3.05) is 14.2 Å². The number of benzene rings is 1. The van der Waals surface area contributed by atoms with Crippen LogP contribution < -0.4 is 9.47 Å². The van der Waals surface area contributed by atoms with Crippen molar-refractivity contribution in [2.45, 2.75) is 19.2 Å². The lowest BCUT2D eigenvalue weighted by atomic mass is 10.0. The molecule has 0 radical (unpaired) electrons. The Balaban J connectivity index is 3.54. The number of methoxy groups -OCH3 is 2. The molecule has 1 rings (SSSR count). The second kappa shape index (κ2) is 4.83. The van der Waals surface area contributed by atoms with Gasteiger partial charge in [-0.3, -0.25) is 0 Å². The van der Waals surface area contributed by atoms with E-state index in [9.17, 15) is 18.3 Å². The predicted octanol–water partition coefficient (Wildman–Crippen LogP) is 2.78. The highest BCUT2D eigenvalue weighted by Gasteiger charge is 2.37. The number of aliphatic hydroxyl groups excluding tert-OH is 1. The Labute approximate surface area is 96.8 Å². The van der Waals surface area contributed by atoms with Gasteiger partial charge in [0, 0.05) is 5.56 Å². The Bertz CT molecular complexity index is 400. The lowest BCUT2D eigenvalue weighted by molar-refractivity contribution is -0.139. The fraction of sp³-hybridized carbons (Fsp3) is 0.455. The monoisotopic (exact) mass is 250 g/mol. The van der Waals surface area contributed by atoms with Gasteiger partial charge in [-0.15, -0.1) is 0 Å². The van der Waals surface area contributed by atoms with Crippen LogP contribution in [-0.4, -0.2) is 19.3 Å². The average molecular weight is 250 g/mol. The Hall–Kier alpha value is -1.43. The van der Waals surface area contributed by atoms with E-state index in [2.05, 4.69) is 0 Å². The first-order valence-corrected chi connectivity index (χ1v) is 4.83. The third-order valence-corrected chi connectivity index (χ3v) is 2.31. The van der Waals surface area contributed by atoms with Crippen LogP contribution in [0, 0.1) is 0 Å². The second-order valence-corrected chi connectivity index (χ2v) is 3.44. The molecule has 0 saturated heterocycles. The standard InChI is InChI=1S/C11H13F3O3/c1-6(15)9-7(11(12,13)14)4-5-8(16-2)10(9)17-3/h4-6,15H,1-3H3. The molecule has 0 saturated carbocycles. The molecule has 1 unspecified atom stereocenters. The minimum Gasteiger partial charge on any atom is -0.493 e. The molecule has 0 aliphatic rings. The molecule has 0 amide bonds. The van der Waals surface area contributed by atoms with Crippen molar-refractivity contribution >= 4 is 0 Å². The largest absolute Gasteiger partial charge is 0.493 e. The molecule has 1 atom stereocenters. The van der Waals surface area contributed by atoms with Gasteiger partial charge in [-0.2, -0.15) is 13.2 Å². The summed E-state index contributed by atoms with van der Waals surface area (Å²) in [5.41, 5.74) is -1.25. The molecule has 0 spiro atoms. The zero-order valence-electron chi connectivity index (χ0n) is 9.63. The van der Waals surface area contributed by atoms with Gasteiger partial charge in [-0.25, -0.2) is 0 Å². The zero-order chi connectivity index (χ0) is 13.2. The minimum absolute atomic E-state index is 0.0997. The molecular formula is C11H13F3O3. The van der Waals surface area contributed by atoms with Crippen LogP contribution in [0.3, 0.4) is 0 Å². The van der Waals surface area contributed by atoms with Gasteiger partial charge in [0.25, 0.3) is 0 Å². The van der Waals surface area contributed by atoms with Crippen molar-refractivity contribution in [3.05, 3.63) is 23.3 Å². The van der Waals surface area contributed by atoms with Crippen LogP contribution in [-0.2, 0) is 6.18 Å². The molecule has 6 heteroatoms. The molecule has 1 aromatic rings. The second-order valence-electron chi connectivity index (χ2n) is 3.44. The summed E-state index contributed by atoms with van der Waals surface area (Å²) in [5.74, 6) is 0.0497. The van der Waals surface area contributed by atoms with Crippen LogP contribution in [0.25, 0.3) is 0 Å². The summed E-state index contributed by atoms with van der Waals surface area (Å²) in [4.78, 5) is 0. The number of alkyl halides is 3. The minimum atomic E-state index is -4.55. The van der Waals surface area contributed by atoms with Gasteiger partial charge >= 0.3 is 6.18 Å². The Morgan fingerprint density at radius 1 is 1.18 bits per heavy atom. The van der Waals surface area contributed by atoms with Crippen molar-refractivity contribution in [1.82, 2.24) is 0 Å². The van der Waals surface area contributed by atoms with E-state index in [1.54, 1.807) is 0 Å². The van der Waals surface area contributed by atoms with Crippen molar-refractivity contribution in [3.63, 3.8) is 0 Å². The number of hydrogen-bond donors (Lipinski definition) is 1. The van der Waals surface area contributed by atoms with Crippen molar-refractivity contribution < 1.29 is 27.8 Å². The first kappa shape index (κ1) is 13.6. The van der Waals surface area contributed by atoms with E-state index >= 15 is 0 Å². The molecule has 0 heterocycles. The van der Waals surface area contributed by atoms with Crippen LogP contribution in [0.1, 0.15) is 24.2 Å². The van der Waals surface area contributed by atoms with Crippen LogP contribution >= 0.6 is 0 Å². The van der Waals surface area contributed by atoms with Crippen LogP contribution in [0.2, 0.25) is 0 Å². The summed E-state index contributed by atoms with van der Waals surface area (Å²) in [6.45, 7) is 1.24. The predicted molar refractivity (Wildman–Crippen MR) is 55.2 cm³/mol. The van der Waals surface area contributed by atoms with Gasteiger partial charge in [-0.05, 0) is 19.1 Å².